The van der Waals surface area contributed by atoms with Crippen molar-refractivity contribution in [2.24, 2.45) is 4.99 Å². The Kier molecular flexibility index (Phi) is 10.5. The van der Waals surface area contributed by atoms with Crippen LogP contribution in [0.3, 0.4) is 0 Å². The zero-order chi connectivity index (χ0) is 33.1. The van der Waals surface area contributed by atoms with Crippen molar-refractivity contribution in [2.45, 2.75) is 46.4 Å². The second-order valence-corrected chi connectivity index (χ2v) is 13.6. The molecule has 0 saturated carbocycles. The fraction of sp³-hybridized carbons (Fsp3) is 0.235. The highest BCUT2D eigenvalue weighted by Gasteiger charge is 2.35. The Morgan fingerprint density at radius 3 is 2.52 bits per heavy atom. The molecule has 5 rings (SSSR count). The van der Waals surface area contributed by atoms with E-state index >= 15 is 0 Å². The van der Waals surface area contributed by atoms with Crippen LogP contribution in [0.5, 0.6) is 11.5 Å². The van der Waals surface area contributed by atoms with E-state index < -0.39 is 18.0 Å². The van der Waals surface area contributed by atoms with Crippen LogP contribution in [0.25, 0.3) is 6.08 Å². The first-order valence-corrected chi connectivity index (χ1v) is 17.1. The van der Waals surface area contributed by atoms with Crippen molar-refractivity contribution in [3.63, 3.8) is 0 Å². The van der Waals surface area contributed by atoms with Crippen LogP contribution >= 0.6 is 49.9 Å². The van der Waals surface area contributed by atoms with E-state index in [0.717, 1.165) is 14.7 Å². The van der Waals surface area contributed by atoms with Gasteiger partial charge in [-0.1, -0.05) is 41.7 Å². The Hall–Kier alpha value is -3.75. The Balaban J connectivity index is 1.54. The van der Waals surface area contributed by atoms with Crippen LogP contribution in [-0.2, 0) is 16.1 Å². The monoisotopic (exact) mass is 816 g/mol. The highest BCUT2D eigenvalue weighted by Crippen LogP contribution is 2.36. The molecule has 0 unspecified atom stereocenters. The second-order valence-electron chi connectivity index (χ2n) is 10.6. The number of benzene rings is 3. The van der Waals surface area contributed by atoms with E-state index in [1.165, 1.54) is 23.5 Å². The summed E-state index contributed by atoms with van der Waals surface area (Å²) in [5.41, 5.74) is 2.94. The lowest BCUT2D eigenvalue weighted by molar-refractivity contribution is -0.139. The third-order valence-electron chi connectivity index (χ3n) is 7.00. The first-order chi connectivity index (χ1) is 22.0. The van der Waals surface area contributed by atoms with E-state index in [2.05, 4.69) is 43.5 Å². The summed E-state index contributed by atoms with van der Waals surface area (Å²) in [5, 5.41) is 9.13. The van der Waals surface area contributed by atoms with Crippen LogP contribution in [0.2, 0.25) is 0 Å². The van der Waals surface area contributed by atoms with Gasteiger partial charge in [0, 0.05) is 5.56 Å². The van der Waals surface area contributed by atoms with Crippen LogP contribution in [-0.4, -0.2) is 34.3 Å². The van der Waals surface area contributed by atoms with Crippen molar-refractivity contribution < 1.29 is 28.9 Å². The molecule has 9 nitrogen and oxygen atoms in total. The molecule has 2 heterocycles. The summed E-state index contributed by atoms with van der Waals surface area (Å²) in [7, 11) is 0. The van der Waals surface area contributed by atoms with Crippen LogP contribution in [0, 0.1) is 3.57 Å². The van der Waals surface area contributed by atoms with Crippen LogP contribution in [0.1, 0.15) is 60.8 Å². The molecule has 0 radical (unpaired) electrons. The van der Waals surface area contributed by atoms with E-state index in [-0.39, 0.29) is 36.0 Å². The molecule has 46 heavy (non-hydrogen) atoms. The number of carboxylic acid groups (broad SMARTS) is 1. The normalized spacial score (nSPS) is 14.6. The van der Waals surface area contributed by atoms with Crippen molar-refractivity contribution in [2.75, 3.05) is 6.61 Å². The van der Waals surface area contributed by atoms with E-state index in [4.69, 9.17) is 19.3 Å². The third-order valence-corrected chi connectivity index (χ3v) is 9.37. The number of carbonyl (C=O) groups excluding carboxylic acids is 1. The van der Waals surface area contributed by atoms with Gasteiger partial charge in [-0.05, 0) is 114 Å². The van der Waals surface area contributed by atoms with E-state index in [9.17, 15) is 14.4 Å². The molecule has 0 aliphatic carbocycles. The molecule has 12 heteroatoms. The molecular weight excluding hydrogens is 787 g/mol. The van der Waals surface area contributed by atoms with Crippen LogP contribution in [0.15, 0.2) is 86.2 Å². The molecule has 1 aliphatic rings. The molecule has 0 bridgehead atoms. The number of halogens is 2. The van der Waals surface area contributed by atoms with Crippen molar-refractivity contribution >= 4 is 67.9 Å². The summed E-state index contributed by atoms with van der Waals surface area (Å²) in [4.78, 5) is 43.7. The number of allylic oxidation sites excluding steroid dienone is 1. The maximum atomic E-state index is 14.1. The fourth-order valence-corrected chi connectivity index (χ4v) is 7.82. The molecule has 3 aromatic carbocycles. The average molecular weight is 817 g/mol. The van der Waals surface area contributed by atoms with Gasteiger partial charge in [-0.2, -0.15) is 0 Å². The number of thiazole rings is 1. The zero-order valence-electron chi connectivity index (χ0n) is 25.4. The Bertz CT molecular complexity index is 2010. The number of rotatable bonds is 10. The predicted octanol–water partition coefficient (Wildman–Crippen LogP) is 6.23. The minimum absolute atomic E-state index is 0.126. The van der Waals surface area contributed by atoms with Gasteiger partial charge in [-0.15, -0.1) is 0 Å². The van der Waals surface area contributed by atoms with Gasteiger partial charge >= 0.3 is 11.9 Å². The molecule has 0 saturated heterocycles. The lowest BCUT2D eigenvalue weighted by Crippen LogP contribution is -2.40. The summed E-state index contributed by atoms with van der Waals surface area (Å²) < 4.78 is 21.1. The molecule has 1 atom stereocenters. The van der Waals surface area contributed by atoms with Crippen molar-refractivity contribution in [3.8, 4) is 11.5 Å². The average Bonchev–Trinajstić information content (AvgIpc) is 3.30. The molecule has 0 spiro atoms. The van der Waals surface area contributed by atoms with Crippen molar-refractivity contribution in [1.29, 1.82) is 0 Å². The van der Waals surface area contributed by atoms with E-state index in [0.29, 0.717) is 36.6 Å². The molecule has 0 fully saturated rings. The molecule has 0 amide bonds. The lowest BCUT2D eigenvalue weighted by atomic mass is 9.95. The predicted molar refractivity (Wildman–Crippen MR) is 187 cm³/mol. The number of aromatic carboxylic acids is 1. The number of hydrogen-bond acceptors (Lipinski definition) is 8. The molecule has 1 N–H and O–H groups in total. The largest absolute Gasteiger partial charge is 0.491 e. The number of esters is 1. The third kappa shape index (κ3) is 7.13. The first-order valence-electron chi connectivity index (χ1n) is 14.4. The summed E-state index contributed by atoms with van der Waals surface area (Å²) in [6, 6.07) is 16.9. The first kappa shape index (κ1) is 33.6. The van der Waals surface area contributed by atoms with Gasteiger partial charge in [0.05, 0.1) is 42.1 Å². The fourth-order valence-electron chi connectivity index (χ4n) is 5.00. The van der Waals surface area contributed by atoms with Crippen LogP contribution in [0.4, 0.5) is 0 Å². The zero-order valence-corrected chi connectivity index (χ0v) is 29.9. The summed E-state index contributed by atoms with van der Waals surface area (Å²) in [6.45, 7) is 7.76. The Morgan fingerprint density at radius 1 is 1.15 bits per heavy atom. The van der Waals surface area contributed by atoms with Gasteiger partial charge in [0.1, 0.15) is 24.1 Å². The minimum Gasteiger partial charge on any atom is -0.491 e. The number of aromatic nitrogens is 1. The van der Waals surface area contributed by atoms with Gasteiger partial charge in [0.15, 0.2) is 4.80 Å². The minimum atomic E-state index is -0.984. The standard InChI is InChI=1S/C34H30BrIN2O7S/c1-5-43-33(42)28-19(4)37-34-38(29(28)23-8-6-7-9-26(23)45-18(2)3)31(39)27(46-34)16-21-14-24(35)30(25(36)15-21)44-17-20-10-12-22(13-11-20)32(40)41/h6-16,18,29H,5,17H2,1-4H3,(H,40,41)/b27-16+/t29-/m0/s1. The number of ether oxygens (including phenoxy) is 3. The van der Waals surface area contributed by atoms with Gasteiger partial charge in [0.2, 0.25) is 0 Å². The molecule has 1 aromatic heterocycles. The summed E-state index contributed by atoms with van der Waals surface area (Å²) in [5.74, 6) is -0.324. The molecule has 1 aliphatic heterocycles. The van der Waals surface area contributed by atoms with Crippen molar-refractivity contribution in [1.82, 2.24) is 4.57 Å². The topological polar surface area (TPSA) is 116 Å². The quantitative estimate of drug-likeness (QED) is 0.149. The van der Waals surface area contributed by atoms with Crippen LogP contribution < -0.4 is 24.4 Å². The van der Waals surface area contributed by atoms with Gasteiger partial charge in [-0.3, -0.25) is 9.36 Å². The number of hydrogen-bond donors (Lipinski definition) is 1. The number of nitrogens with zero attached hydrogens (tertiary/aromatic N) is 2. The highest BCUT2D eigenvalue weighted by atomic mass is 127. The Labute approximate surface area is 291 Å². The maximum absolute atomic E-state index is 14.1. The lowest BCUT2D eigenvalue weighted by Gasteiger charge is -2.26. The van der Waals surface area contributed by atoms with Gasteiger partial charge in [-0.25, -0.2) is 14.6 Å². The summed E-state index contributed by atoms with van der Waals surface area (Å²) in [6.07, 6.45) is 1.67. The smallest absolute Gasteiger partial charge is 0.338 e. The molecule has 4 aromatic rings. The molecular formula is C34H30BrIN2O7S. The van der Waals surface area contributed by atoms with Gasteiger partial charge < -0.3 is 19.3 Å². The highest BCUT2D eigenvalue weighted by molar-refractivity contribution is 14.1. The maximum Gasteiger partial charge on any atom is 0.338 e. The SMILES string of the molecule is CCOC(=O)C1=C(C)N=c2s/c(=C/c3cc(Br)c(OCc4ccc(C(=O)O)cc4)c(I)c3)c(=O)n2[C@H]1c1ccccc1OC(C)C. The number of para-hydroxylation sites is 1. The van der Waals surface area contributed by atoms with E-state index in [1.807, 2.05) is 50.2 Å². The Morgan fingerprint density at radius 2 is 1.87 bits per heavy atom. The number of carbonyl (C=O) groups is 2. The van der Waals surface area contributed by atoms with E-state index in [1.54, 1.807) is 36.6 Å². The molecule has 238 valence electrons. The summed E-state index contributed by atoms with van der Waals surface area (Å²) >= 11 is 7.03. The number of fused-ring (bicyclic) bond motifs is 1. The van der Waals surface area contributed by atoms with Crippen molar-refractivity contribution in [3.05, 3.63) is 122 Å². The van der Waals surface area contributed by atoms with Gasteiger partial charge in [0.25, 0.3) is 5.56 Å². The number of carboxylic acids is 1. The second kappa shape index (κ2) is 14.3.